The van der Waals surface area contributed by atoms with Crippen molar-refractivity contribution in [3.8, 4) is 6.07 Å². The van der Waals surface area contributed by atoms with Crippen LogP contribution in [0.4, 0.5) is 5.69 Å². The van der Waals surface area contributed by atoms with Crippen LogP contribution in [0.2, 0.25) is 0 Å². The van der Waals surface area contributed by atoms with E-state index in [1.54, 1.807) is 24.3 Å². The molecule has 1 aromatic carbocycles. The number of benzene rings is 1. The first kappa shape index (κ1) is 6.25. The minimum atomic E-state index is 0.310. The number of rotatable bonds is 0. The zero-order chi connectivity index (χ0) is 7.40. The smallest absolute Gasteiger partial charge is 0.192 e. The van der Waals surface area contributed by atoms with Crippen molar-refractivity contribution in [1.29, 1.82) is 10.7 Å². The van der Waals surface area contributed by atoms with Gasteiger partial charge in [-0.05, 0) is 6.07 Å². The summed E-state index contributed by atoms with van der Waals surface area (Å²) in [6.45, 7) is 0. The molecule has 0 N–H and O–H groups in total. The second-order valence-electron chi connectivity index (χ2n) is 1.73. The molecule has 0 aliphatic carbocycles. The van der Waals surface area contributed by atoms with Crippen molar-refractivity contribution in [3.63, 3.8) is 0 Å². The first-order valence-corrected chi connectivity index (χ1v) is 2.72. The van der Waals surface area contributed by atoms with Crippen LogP contribution in [0.3, 0.4) is 0 Å². The molecule has 0 heterocycles. The topological polar surface area (TPSA) is 51.9 Å². The first-order chi connectivity index (χ1) is 4.88. The average Bonchev–Trinajstić information content (AvgIpc) is 2.04. The number of diazo groups is 1. The molecular formula is C7H4N3+. The molecule has 0 bridgehead atoms. The Hall–Kier alpha value is -1.87. The van der Waals surface area contributed by atoms with E-state index in [-0.39, 0.29) is 0 Å². The van der Waals surface area contributed by atoms with Crippen LogP contribution in [-0.2, 0) is 0 Å². The fourth-order valence-corrected chi connectivity index (χ4v) is 0.655. The van der Waals surface area contributed by atoms with E-state index >= 15 is 0 Å². The standard InChI is InChI=1S/C7H4N3/c8-5-6-3-1-2-4-7(6)10-9/h1-4H/q+1. The van der Waals surface area contributed by atoms with Crippen LogP contribution in [0.1, 0.15) is 5.56 Å². The maximum Gasteiger partial charge on any atom is 0.402 e. The molecule has 0 atom stereocenters. The molecule has 3 heteroatoms. The summed E-state index contributed by atoms with van der Waals surface area (Å²) in [5.74, 6) is 0. The van der Waals surface area contributed by atoms with Crippen LogP contribution in [0.5, 0.6) is 0 Å². The molecule has 0 saturated heterocycles. The van der Waals surface area contributed by atoms with Gasteiger partial charge in [-0.1, -0.05) is 12.1 Å². The molecule has 0 unspecified atom stereocenters. The maximum atomic E-state index is 8.43. The Balaban J connectivity index is 3.28. The number of hydrogen-bond donors (Lipinski definition) is 0. The third kappa shape index (κ3) is 0.936. The Morgan fingerprint density at radius 3 is 2.50 bits per heavy atom. The summed E-state index contributed by atoms with van der Waals surface area (Å²) in [4.78, 5) is 2.92. The third-order valence-corrected chi connectivity index (χ3v) is 1.13. The first-order valence-electron chi connectivity index (χ1n) is 2.72. The van der Waals surface area contributed by atoms with E-state index in [0.29, 0.717) is 11.3 Å². The second-order valence-corrected chi connectivity index (χ2v) is 1.73. The van der Waals surface area contributed by atoms with Crippen LogP contribution in [-0.4, -0.2) is 0 Å². The average molecular weight is 130 g/mol. The summed E-state index contributed by atoms with van der Waals surface area (Å²) in [5.41, 5.74) is 0.690. The molecule has 10 heavy (non-hydrogen) atoms. The van der Waals surface area contributed by atoms with Crippen LogP contribution >= 0.6 is 0 Å². The molecule has 1 rings (SSSR count). The van der Waals surface area contributed by atoms with Gasteiger partial charge in [0, 0.05) is 6.07 Å². The summed E-state index contributed by atoms with van der Waals surface area (Å²) < 4.78 is 0. The van der Waals surface area contributed by atoms with E-state index < -0.39 is 0 Å². The summed E-state index contributed by atoms with van der Waals surface area (Å²) in [5, 5.41) is 16.8. The molecule has 0 aliphatic heterocycles. The normalized spacial score (nSPS) is 7.80. The lowest BCUT2D eigenvalue weighted by Crippen LogP contribution is -1.70. The fraction of sp³-hybridized carbons (Fsp3) is 0. The van der Waals surface area contributed by atoms with Crippen molar-refractivity contribution in [2.24, 2.45) is 0 Å². The Morgan fingerprint density at radius 2 is 2.00 bits per heavy atom. The van der Waals surface area contributed by atoms with E-state index in [4.69, 9.17) is 10.7 Å². The summed E-state index contributed by atoms with van der Waals surface area (Å²) in [6, 6.07) is 8.47. The van der Waals surface area contributed by atoms with Gasteiger partial charge < -0.3 is 0 Å². The lowest BCUT2D eigenvalue weighted by atomic mass is 10.2. The van der Waals surface area contributed by atoms with Gasteiger partial charge in [0.25, 0.3) is 0 Å². The fourth-order valence-electron chi connectivity index (χ4n) is 0.655. The minimum Gasteiger partial charge on any atom is -0.192 e. The molecule has 0 radical (unpaired) electrons. The molecular weight excluding hydrogens is 126 g/mol. The lowest BCUT2D eigenvalue weighted by Gasteiger charge is -1.78. The quantitative estimate of drug-likeness (QED) is 0.504. The molecule has 0 fully saturated rings. The van der Waals surface area contributed by atoms with Gasteiger partial charge >= 0.3 is 5.69 Å². The van der Waals surface area contributed by atoms with Gasteiger partial charge in [-0.15, -0.1) is 0 Å². The van der Waals surface area contributed by atoms with E-state index in [1.807, 2.05) is 6.07 Å². The monoisotopic (exact) mass is 130 g/mol. The van der Waals surface area contributed by atoms with Gasteiger partial charge in [-0.3, -0.25) is 0 Å². The van der Waals surface area contributed by atoms with Gasteiger partial charge in [0.05, 0.1) is 0 Å². The Kier molecular flexibility index (Phi) is 1.63. The number of hydrogen-bond acceptors (Lipinski definition) is 2. The second kappa shape index (κ2) is 2.61. The predicted molar refractivity (Wildman–Crippen MR) is 35.9 cm³/mol. The van der Waals surface area contributed by atoms with Crippen molar-refractivity contribution in [1.82, 2.24) is 0 Å². The number of nitriles is 1. The maximum absolute atomic E-state index is 8.43. The van der Waals surface area contributed by atoms with Crippen molar-refractivity contribution in [2.45, 2.75) is 0 Å². The Bertz CT molecular complexity index is 283. The van der Waals surface area contributed by atoms with Gasteiger partial charge in [0.15, 0.2) is 4.98 Å². The molecule has 0 aliphatic rings. The number of nitrogens with zero attached hydrogens (tertiary/aromatic N) is 3. The van der Waals surface area contributed by atoms with Crippen LogP contribution in [0.15, 0.2) is 24.3 Å². The van der Waals surface area contributed by atoms with Crippen molar-refractivity contribution < 1.29 is 0 Å². The molecule has 0 aromatic heterocycles. The summed E-state index contributed by atoms with van der Waals surface area (Å²) in [7, 11) is 0. The molecule has 3 nitrogen and oxygen atoms in total. The molecule has 46 valence electrons. The van der Waals surface area contributed by atoms with E-state index in [1.165, 1.54) is 0 Å². The minimum absolute atomic E-state index is 0.310. The highest BCUT2D eigenvalue weighted by atomic mass is 14.8. The van der Waals surface area contributed by atoms with Gasteiger partial charge in [0.1, 0.15) is 11.6 Å². The summed E-state index contributed by atoms with van der Waals surface area (Å²) >= 11 is 0. The van der Waals surface area contributed by atoms with Crippen molar-refractivity contribution in [2.75, 3.05) is 0 Å². The Morgan fingerprint density at radius 1 is 1.30 bits per heavy atom. The van der Waals surface area contributed by atoms with Crippen LogP contribution in [0, 0.1) is 16.7 Å². The van der Waals surface area contributed by atoms with Crippen molar-refractivity contribution >= 4 is 5.69 Å². The van der Waals surface area contributed by atoms with Gasteiger partial charge in [-0.2, -0.15) is 5.26 Å². The predicted octanol–water partition coefficient (Wildman–Crippen LogP) is 2.04. The SMILES string of the molecule is N#Cc1ccccc1[N+]#N. The summed E-state index contributed by atoms with van der Waals surface area (Å²) in [6.07, 6.45) is 0. The third-order valence-electron chi connectivity index (χ3n) is 1.13. The highest BCUT2D eigenvalue weighted by Crippen LogP contribution is 2.16. The van der Waals surface area contributed by atoms with Gasteiger partial charge in [0.2, 0.25) is 5.39 Å². The lowest BCUT2D eigenvalue weighted by molar-refractivity contribution is 1.44. The van der Waals surface area contributed by atoms with Crippen LogP contribution < -0.4 is 0 Å². The molecule has 0 saturated carbocycles. The van der Waals surface area contributed by atoms with E-state index in [0.717, 1.165) is 0 Å². The van der Waals surface area contributed by atoms with E-state index in [2.05, 4.69) is 4.98 Å². The zero-order valence-electron chi connectivity index (χ0n) is 5.15. The highest BCUT2D eigenvalue weighted by Gasteiger charge is 2.09. The van der Waals surface area contributed by atoms with Gasteiger partial charge in [-0.25, -0.2) is 0 Å². The van der Waals surface area contributed by atoms with Crippen molar-refractivity contribution in [3.05, 3.63) is 34.8 Å². The highest BCUT2D eigenvalue weighted by molar-refractivity contribution is 5.57. The Labute approximate surface area is 58.1 Å². The molecule has 1 aromatic rings. The largest absolute Gasteiger partial charge is 0.402 e. The zero-order valence-corrected chi connectivity index (χ0v) is 5.15. The van der Waals surface area contributed by atoms with Crippen LogP contribution in [0.25, 0.3) is 4.98 Å². The van der Waals surface area contributed by atoms with E-state index in [9.17, 15) is 0 Å². The molecule has 0 spiro atoms. The molecule has 0 amide bonds.